The molecule has 2 heterocycles. The summed E-state index contributed by atoms with van der Waals surface area (Å²) in [6, 6.07) is 18.7. The van der Waals surface area contributed by atoms with Crippen molar-refractivity contribution in [1.29, 1.82) is 0 Å². The summed E-state index contributed by atoms with van der Waals surface area (Å²) in [4.78, 5) is 32.5. The minimum atomic E-state index is -3.69. The molecule has 0 aliphatic carbocycles. The van der Waals surface area contributed by atoms with E-state index in [2.05, 4.69) is 15.6 Å². The van der Waals surface area contributed by atoms with Crippen LogP contribution in [0.25, 0.3) is 0 Å². The van der Waals surface area contributed by atoms with Crippen LogP contribution in [0, 0.1) is 0 Å². The Morgan fingerprint density at radius 2 is 1.65 bits per heavy atom. The van der Waals surface area contributed by atoms with E-state index in [0.717, 1.165) is 11.3 Å². The lowest BCUT2D eigenvalue weighted by Crippen LogP contribution is -2.51. The zero-order valence-corrected chi connectivity index (χ0v) is 21.4. The Morgan fingerprint density at radius 1 is 0.946 bits per heavy atom. The number of carbonyl (C=O) groups is 2. The first kappa shape index (κ1) is 26.3. The Kier molecular flexibility index (Phi) is 8.49. The van der Waals surface area contributed by atoms with Gasteiger partial charge in [0.05, 0.1) is 11.4 Å². The van der Waals surface area contributed by atoms with Gasteiger partial charge in [0.2, 0.25) is 15.9 Å². The molecule has 1 aromatic heterocycles. The molecule has 0 bridgehead atoms. The van der Waals surface area contributed by atoms with Crippen LogP contribution >= 0.6 is 0 Å². The van der Waals surface area contributed by atoms with Crippen LogP contribution in [0.3, 0.4) is 0 Å². The summed E-state index contributed by atoms with van der Waals surface area (Å²) in [6.45, 7) is 2.06. The maximum atomic E-state index is 13.1. The van der Waals surface area contributed by atoms with Crippen molar-refractivity contribution >= 4 is 33.3 Å². The maximum absolute atomic E-state index is 13.1. The van der Waals surface area contributed by atoms with Gasteiger partial charge < -0.3 is 15.5 Å². The Morgan fingerprint density at radius 3 is 2.30 bits per heavy atom. The number of nitrogens with one attached hydrogen (secondary N) is 2. The summed E-state index contributed by atoms with van der Waals surface area (Å²) >= 11 is 0. The molecule has 1 aliphatic heterocycles. The van der Waals surface area contributed by atoms with E-state index in [-0.39, 0.29) is 17.3 Å². The fourth-order valence-corrected chi connectivity index (χ4v) is 5.36. The van der Waals surface area contributed by atoms with Crippen molar-refractivity contribution in [3.05, 3.63) is 84.7 Å². The van der Waals surface area contributed by atoms with Crippen molar-refractivity contribution in [2.75, 3.05) is 50.0 Å². The zero-order chi connectivity index (χ0) is 26.3. The van der Waals surface area contributed by atoms with Gasteiger partial charge in [-0.15, -0.1) is 0 Å². The van der Waals surface area contributed by atoms with Gasteiger partial charge in [0, 0.05) is 63.5 Å². The van der Waals surface area contributed by atoms with E-state index in [1.165, 1.54) is 16.4 Å². The molecule has 1 aliphatic rings. The number of carbonyl (C=O) groups excluding carboxylic acids is 2. The smallest absolute Gasteiger partial charge is 0.319 e. The minimum absolute atomic E-state index is 0.0462. The number of para-hydroxylation sites is 1. The van der Waals surface area contributed by atoms with Gasteiger partial charge in [0.15, 0.2) is 0 Å². The molecule has 2 aromatic carbocycles. The molecule has 0 atom stereocenters. The van der Waals surface area contributed by atoms with Gasteiger partial charge in [0.1, 0.15) is 0 Å². The fraction of sp³-hybridized carbons (Fsp3) is 0.269. The van der Waals surface area contributed by atoms with E-state index in [4.69, 9.17) is 0 Å². The number of sulfonamides is 1. The summed E-state index contributed by atoms with van der Waals surface area (Å²) in [5, 5.41) is 5.42. The SMILES string of the molecule is CN(C(=O)CN1CCN(S(=O)(=O)c2ccc(NC(=O)NCc3cccnc3)cc2)CC1)c1ccccc1. The number of benzene rings is 2. The number of hydrogen-bond acceptors (Lipinski definition) is 6. The predicted octanol–water partition coefficient (Wildman–Crippen LogP) is 2.37. The highest BCUT2D eigenvalue weighted by molar-refractivity contribution is 7.89. The molecule has 1 fully saturated rings. The highest BCUT2D eigenvalue weighted by Gasteiger charge is 2.29. The van der Waals surface area contributed by atoms with E-state index in [0.29, 0.717) is 38.4 Å². The number of nitrogens with zero attached hydrogens (tertiary/aromatic N) is 4. The number of anilines is 2. The summed E-state index contributed by atoms with van der Waals surface area (Å²) in [6.07, 6.45) is 3.33. The monoisotopic (exact) mass is 522 g/mol. The molecule has 10 nitrogen and oxygen atoms in total. The molecule has 0 unspecified atom stereocenters. The first-order valence-corrected chi connectivity index (χ1v) is 13.3. The Bertz CT molecular complexity index is 1300. The van der Waals surface area contributed by atoms with Crippen LogP contribution in [0.5, 0.6) is 0 Å². The van der Waals surface area contributed by atoms with Gasteiger partial charge in [0.25, 0.3) is 0 Å². The third-order valence-electron chi connectivity index (χ3n) is 6.13. The van der Waals surface area contributed by atoms with Crippen molar-refractivity contribution in [3.63, 3.8) is 0 Å². The van der Waals surface area contributed by atoms with E-state index in [1.807, 2.05) is 41.3 Å². The number of hydrogen-bond donors (Lipinski definition) is 2. The second kappa shape index (κ2) is 12.0. The molecule has 194 valence electrons. The molecular weight excluding hydrogens is 492 g/mol. The lowest BCUT2D eigenvalue weighted by Gasteiger charge is -2.34. The van der Waals surface area contributed by atoms with Crippen molar-refractivity contribution in [2.45, 2.75) is 11.4 Å². The van der Waals surface area contributed by atoms with E-state index in [9.17, 15) is 18.0 Å². The van der Waals surface area contributed by atoms with Crippen LogP contribution < -0.4 is 15.5 Å². The van der Waals surface area contributed by atoms with Gasteiger partial charge >= 0.3 is 6.03 Å². The van der Waals surface area contributed by atoms with Crippen molar-refractivity contribution in [1.82, 2.24) is 19.5 Å². The van der Waals surface area contributed by atoms with Gasteiger partial charge in [-0.05, 0) is 48.0 Å². The third-order valence-corrected chi connectivity index (χ3v) is 8.05. The molecule has 3 aromatic rings. The standard InChI is InChI=1S/C26H30N6O4S/c1-30(23-7-3-2-4-8-23)25(33)20-31-14-16-32(17-15-31)37(35,36)24-11-9-22(10-12-24)29-26(34)28-19-21-6-5-13-27-18-21/h2-13,18H,14-17,19-20H2,1H3,(H2,28,29,34). The number of urea groups is 1. The van der Waals surface area contributed by atoms with Crippen LogP contribution in [0.15, 0.2) is 84.0 Å². The molecule has 11 heteroatoms. The predicted molar refractivity (Wildman–Crippen MR) is 142 cm³/mol. The number of piperazine rings is 1. The highest BCUT2D eigenvalue weighted by Crippen LogP contribution is 2.20. The van der Waals surface area contributed by atoms with Gasteiger partial charge in [-0.1, -0.05) is 24.3 Å². The van der Waals surface area contributed by atoms with Gasteiger partial charge in [-0.2, -0.15) is 4.31 Å². The largest absolute Gasteiger partial charge is 0.334 e. The first-order chi connectivity index (χ1) is 17.8. The molecule has 0 saturated carbocycles. The average Bonchev–Trinajstić information content (AvgIpc) is 2.93. The summed E-state index contributed by atoms with van der Waals surface area (Å²) in [5.74, 6) is -0.0462. The second-order valence-corrected chi connectivity index (χ2v) is 10.6. The molecule has 0 spiro atoms. The zero-order valence-electron chi connectivity index (χ0n) is 20.6. The normalized spacial score (nSPS) is 14.6. The molecule has 0 radical (unpaired) electrons. The van der Waals surface area contributed by atoms with Crippen LogP contribution in [0.2, 0.25) is 0 Å². The third kappa shape index (κ3) is 6.91. The molecule has 2 N–H and O–H groups in total. The van der Waals surface area contributed by atoms with Crippen LogP contribution in [-0.2, 0) is 21.4 Å². The summed E-state index contributed by atoms with van der Waals surface area (Å²) < 4.78 is 27.7. The van der Waals surface area contributed by atoms with Crippen LogP contribution in [0.4, 0.5) is 16.2 Å². The summed E-state index contributed by atoms with van der Waals surface area (Å²) in [5.41, 5.74) is 2.16. The molecule has 4 rings (SSSR count). The Hall–Kier alpha value is -3.80. The second-order valence-electron chi connectivity index (χ2n) is 8.66. The van der Waals surface area contributed by atoms with E-state index in [1.54, 1.807) is 42.5 Å². The van der Waals surface area contributed by atoms with Crippen LogP contribution in [-0.4, -0.2) is 74.3 Å². The topological polar surface area (TPSA) is 115 Å². The van der Waals surface area contributed by atoms with Crippen LogP contribution in [0.1, 0.15) is 5.56 Å². The number of amides is 3. The quantitative estimate of drug-likeness (QED) is 0.470. The molecule has 1 saturated heterocycles. The molecular formula is C26H30N6O4S. The van der Waals surface area contributed by atoms with Crippen molar-refractivity contribution < 1.29 is 18.0 Å². The van der Waals surface area contributed by atoms with Gasteiger partial charge in [-0.3, -0.25) is 14.7 Å². The first-order valence-electron chi connectivity index (χ1n) is 11.9. The van der Waals surface area contributed by atoms with E-state index < -0.39 is 16.1 Å². The fourth-order valence-electron chi connectivity index (χ4n) is 3.94. The molecule has 37 heavy (non-hydrogen) atoms. The van der Waals surface area contributed by atoms with Gasteiger partial charge in [-0.25, -0.2) is 13.2 Å². The summed E-state index contributed by atoms with van der Waals surface area (Å²) in [7, 11) is -1.95. The minimum Gasteiger partial charge on any atom is -0.334 e. The average molecular weight is 523 g/mol. The highest BCUT2D eigenvalue weighted by atomic mass is 32.2. The van der Waals surface area contributed by atoms with Crippen molar-refractivity contribution in [3.8, 4) is 0 Å². The number of likely N-dealkylation sites (N-methyl/N-ethyl adjacent to an activating group) is 1. The Labute approximate surface area is 217 Å². The number of aromatic nitrogens is 1. The van der Waals surface area contributed by atoms with E-state index >= 15 is 0 Å². The molecule has 3 amide bonds. The lowest BCUT2D eigenvalue weighted by molar-refractivity contribution is -0.119. The van der Waals surface area contributed by atoms with Crippen molar-refractivity contribution in [2.24, 2.45) is 0 Å². The number of rotatable bonds is 8. The maximum Gasteiger partial charge on any atom is 0.319 e. The lowest BCUT2D eigenvalue weighted by atomic mass is 10.3. The Balaban J connectivity index is 1.26. The number of pyridine rings is 1.